The average Bonchev–Trinajstić information content (AvgIpc) is 3.11. The molecule has 0 amide bonds. The number of benzene rings is 2. The molecule has 0 aliphatic rings. The van der Waals surface area contributed by atoms with Crippen molar-refractivity contribution in [3.8, 4) is 10.6 Å². The summed E-state index contributed by atoms with van der Waals surface area (Å²) in [6.45, 7) is 4.34. The van der Waals surface area contributed by atoms with Gasteiger partial charge in [-0.2, -0.15) is 0 Å². The Morgan fingerprint density at radius 1 is 0.708 bits per heavy atom. The lowest BCUT2D eigenvalue weighted by molar-refractivity contribution is 0.914. The standard InChI is InChI=1S/C21H24N2S/c1-3-5-16-6-8-17(9-7-16)10-11-18-12-14-19(15-13-18)21-23-22-20(4-2)24-21/h6-9,12-15H,3-5,10-11H2,1-2H3. The second kappa shape index (κ2) is 8.20. The van der Waals surface area contributed by atoms with E-state index in [4.69, 9.17) is 0 Å². The highest BCUT2D eigenvalue weighted by molar-refractivity contribution is 7.14. The SMILES string of the molecule is CCCc1ccc(CCc2ccc(-c3nnc(CC)s3)cc2)cc1. The van der Waals surface area contributed by atoms with Gasteiger partial charge in [0.2, 0.25) is 0 Å². The number of hydrogen-bond acceptors (Lipinski definition) is 3. The van der Waals surface area contributed by atoms with Crippen molar-refractivity contribution in [2.24, 2.45) is 0 Å². The molecule has 0 N–H and O–H groups in total. The maximum Gasteiger partial charge on any atom is 0.147 e. The third-order valence-electron chi connectivity index (χ3n) is 4.23. The molecule has 0 radical (unpaired) electrons. The zero-order chi connectivity index (χ0) is 16.8. The first-order valence-electron chi connectivity index (χ1n) is 8.78. The van der Waals surface area contributed by atoms with Gasteiger partial charge in [-0.15, -0.1) is 10.2 Å². The summed E-state index contributed by atoms with van der Waals surface area (Å²) in [6.07, 6.45) is 5.49. The molecule has 0 aliphatic heterocycles. The molecule has 3 heteroatoms. The number of aromatic nitrogens is 2. The monoisotopic (exact) mass is 336 g/mol. The maximum atomic E-state index is 4.27. The van der Waals surface area contributed by atoms with E-state index >= 15 is 0 Å². The zero-order valence-corrected chi connectivity index (χ0v) is 15.3. The van der Waals surface area contributed by atoms with Crippen molar-refractivity contribution < 1.29 is 0 Å². The number of rotatable bonds is 7. The van der Waals surface area contributed by atoms with Crippen LogP contribution in [-0.2, 0) is 25.7 Å². The van der Waals surface area contributed by atoms with Crippen LogP contribution in [0.25, 0.3) is 10.6 Å². The van der Waals surface area contributed by atoms with Gasteiger partial charge in [0.05, 0.1) is 0 Å². The largest absolute Gasteiger partial charge is 0.147 e. The van der Waals surface area contributed by atoms with Crippen LogP contribution >= 0.6 is 11.3 Å². The Bertz CT molecular complexity index is 757. The minimum Gasteiger partial charge on any atom is -0.143 e. The van der Waals surface area contributed by atoms with E-state index in [1.165, 1.54) is 35.1 Å². The van der Waals surface area contributed by atoms with Gasteiger partial charge in [-0.25, -0.2) is 0 Å². The molecule has 1 aromatic heterocycles. The molecule has 0 saturated heterocycles. The number of aryl methyl sites for hydroxylation is 4. The van der Waals surface area contributed by atoms with Crippen LogP contribution in [0.5, 0.6) is 0 Å². The molecule has 3 rings (SSSR count). The topological polar surface area (TPSA) is 25.8 Å². The van der Waals surface area contributed by atoms with Gasteiger partial charge in [0.1, 0.15) is 10.0 Å². The molecule has 0 spiro atoms. The molecular weight excluding hydrogens is 312 g/mol. The molecule has 0 unspecified atom stereocenters. The van der Waals surface area contributed by atoms with Crippen LogP contribution in [0.4, 0.5) is 0 Å². The molecule has 0 aliphatic carbocycles. The summed E-state index contributed by atoms with van der Waals surface area (Å²) in [7, 11) is 0. The third-order valence-corrected chi connectivity index (χ3v) is 5.35. The van der Waals surface area contributed by atoms with Gasteiger partial charge >= 0.3 is 0 Å². The molecule has 3 aromatic rings. The second-order valence-corrected chi connectivity index (χ2v) is 7.18. The summed E-state index contributed by atoms with van der Waals surface area (Å²) in [5, 5.41) is 10.6. The summed E-state index contributed by atoms with van der Waals surface area (Å²) in [5.74, 6) is 0. The second-order valence-electron chi connectivity index (χ2n) is 6.12. The van der Waals surface area contributed by atoms with E-state index < -0.39 is 0 Å². The van der Waals surface area contributed by atoms with Crippen molar-refractivity contribution in [2.45, 2.75) is 46.0 Å². The summed E-state index contributed by atoms with van der Waals surface area (Å²) < 4.78 is 0. The van der Waals surface area contributed by atoms with Crippen LogP contribution < -0.4 is 0 Å². The first-order valence-corrected chi connectivity index (χ1v) is 9.59. The minimum absolute atomic E-state index is 0.951. The van der Waals surface area contributed by atoms with Crippen LogP contribution in [0.3, 0.4) is 0 Å². The fourth-order valence-corrected chi connectivity index (χ4v) is 3.56. The minimum atomic E-state index is 0.951. The van der Waals surface area contributed by atoms with Gasteiger partial charge in [-0.3, -0.25) is 0 Å². The number of hydrogen-bond donors (Lipinski definition) is 0. The number of nitrogens with zero attached hydrogens (tertiary/aromatic N) is 2. The lowest BCUT2D eigenvalue weighted by Crippen LogP contribution is -1.92. The Balaban J connectivity index is 1.59. The van der Waals surface area contributed by atoms with Gasteiger partial charge in [0, 0.05) is 5.56 Å². The summed E-state index contributed by atoms with van der Waals surface area (Å²) in [5.41, 5.74) is 5.39. The van der Waals surface area contributed by atoms with Crippen molar-refractivity contribution >= 4 is 11.3 Å². The molecule has 2 aromatic carbocycles. The summed E-state index contributed by atoms with van der Waals surface area (Å²) in [6, 6.07) is 17.8. The van der Waals surface area contributed by atoms with E-state index in [1.54, 1.807) is 11.3 Å². The summed E-state index contributed by atoms with van der Waals surface area (Å²) >= 11 is 1.69. The maximum absolute atomic E-state index is 4.27. The van der Waals surface area contributed by atoms with Crippen LogP contribution in [0.2, 0.25) is 0 Å². The predicted molar refractivity (Wildman–Crippen MR) is 103 cm³/mol. The quantitative estimate of drug-likeness (QED) is 0.569. The first-order chi connectivity index (χ1) is 11.8. The highest BCUT2D eigenvalue weighted by Gasteiger charge is 2.05. The molecule has 0 saturated carbocycles. The molecule has 2 nitrogen and oxygen atoms in total. The Labute approximate surface area is 148 Å². The average molecular weight is 337 g/mol. The van der Waals surface area contributed by atoms with Gasteiger partial charge in [0.15, 0.2) is 0 Å². The highest BCUT2D eigenvalue weighted by Crippen LogP contribution is 2.24. The van der Waals surface area contributed by atoms with Crippen LogP contribution in [0, 0.1) is 0 Å². The van der Waals surface area contributed by atoms with Gasteiger partial charge in [-0.05, 0) is 42.4 Å². The Kier molecular flexibility index (Phi) is 5.76. The summed E-state index contributed by atoms with van der Waals surface area (Å²) in [4.78, 5) is 0. The zero-order valence-electron chi connectivity index (χ0n) is 14.5. The fourth-order valence-electron chi connectivity index (χ4n) is 2.78. The molecule has 24 heavy (non-hydrogen) atoms. The third kappa shape index (κ3) is 4.30. The van der Waals surface area contributed by atoms with Crippen molar-refractivity contribution in [2.75, 3.05) is 0 Å². The van der Waals surface area contributed by atoms with Crippen molar-refractivity contribution in [3.05, 3.63) is 70.2 Å². The van der Waals surface area contributed by atoms with Gasteiger partial charge in [-0.1, -0.05) is 80.1 Å². The highest BCUT2D eigenvalue weighted by atomic mass is 32.1. The Morgan fingerprint density at radius 3 is 1.75 bits per heavy atom. The van der Waals surface area contributed by atoms with Crippen LogP contribution in [0.1, 0.15) is 42.0 Å². The van der Waals surface area contributed by atoms with E-state index in [-0.39, 0.29) is 0 Å². The van der Waals surface area contributed by atoms with Crippen molar-refractivity contribution in [3.63, 3.8) is 0 Å². The normalized spacial score (nSPS) is 10.9. The lowest BCUT2D eigenvalue weighted by Gasteiger charge is -2.05. The lowest BCUT2D eigenvalue weighted by atomic mass is 10.0. The molecule has 0 atom stereocenters. The molecular formula is C21H24N2S. The molecule has 1 heterocycles. The van der Waals surface area contributed by atoms with E-state index in [1.807, 2.05) is 0 Å². The van der Waals surface area contributed by atoms with Crippen LogP contribution in [-0.4, -0.2) is 10.2 Å². The van der Waals surface area contributed by atoms with E-state index in [0.717, 1.165) is 29.3 Å². The fraction of sp³-hybridized carbons (Fsp3) is 0.333. The van der Waals surface area contributed by atoms with E-state index in [9.17, 15) is 0 Å². The smallest absolute Gasteiger partial charge is 0.143 e. The van der Waals surface area contributed by atoms with E-state index in [0.29, 0.717) is 0 Å². The van der Waals surface area contributed by atoms with E-state index in [2.05, 4.69) is 72.6 Å². The molecule has 0 fully saturated rings. The predicted octanol–water partition coefficient (Wildman–Crippen LogP) is 5.51. The Hall–Kier alpha value is -2.00. The molecule has 0 bridgehead atoms. The molecule has 124 valence electrons. The first kappa shape index (κ1) is 16.8. The van der Waals surface area contributed by atoms with Crippen molar-refractivity contribution in [1.29, 1.82) is 0 Å². The van der Waals surface area contributed by atoms with Crippen LogP contribution in [0.15, 0.2) is 48.5 Å². The Morgan fingerprint density at radius 2 is 1.25 bits per heavy atom. The van der Waals surface area contributed by atoms with Gasteiger partial charge < -0.3 is 0 Å². The van der Waals surface area contributed by atoms with Crippen molar-refractivity contribution in [1.82, 2.24) is 10.2 Å². The van der Waals surface area contributed by atoms with Gasteiger partial charge in [0.25, 0.3) is 0 Å².